The summed E-state index contributed by atoms with van der Waals surface area (Å²) in [6.45, 7) is 2.86. The molecule has 0 aliphatic carbocycles. The van der Waals surface area contributed by atoms with Crippen LogP contribution in [-0.2, 0) is 4.74 Å². The quantitative estimate of drug-likeness (QED) is 0.792. The molecule has 1 aromatic heterocycles. The standard InChI is InChI=1S/C12H18N4O/c1-4-14-11(15-5-1)16-10-2-7-17-12(8-10)3-6-13-9-12/h1,4-5,10,13H,2-3,6-9H2,(H,14,15,16)/t10-,12-/m0/s1. The van der Waals surface area contributed by atoms with Gasteiger partial charge < -0.3 is 15.4 Å². The summed E-state index contributed by atoms with van der Waals surface area (Å²) >= 11 is 0. The van der Waals surface area contributed by atoms with Crippen LogP contribution >= 0.6 is 0 Å². The van der Waals surface area contributed by atoms with Crippen molar-refractivity contribution in [3.05, 3.63) is 18.5 Å². The van der Waals surface area contributed by atoms with E-state index in [1.54, 1.807) is 12.4 Å². The van der Waals surface area contributed by atoms with Gasteiger partial charge in [-0.25, -0.2) is 9.97 Å². The third-order valence-corrected chi connectivity index (χ3v) is 3.60. The number of anilines is 1. The number of nitrogens with zero attached hydrogens (tertiary/aromatic N) is 2. The van der Waals surface area contributed by atoms with Gasteiger partial charge in [-0.3, -0.25) is 0 Å². The highest BCUT2D eigenvalue weighted by Crippen LogP contribution is 2.31. The fraction of sp³-hybridized carbons (Fsp3) is 0.667. The Morgan fingerprint density at radius 1 is 1.41 bits per heavy atom. The molecule has 2 N–H and O–H groups in total. The minimum atomic E-state index is 0.0463. The molecule has 2 saturated heterocycles. The zero-order valence-electron chi connectivity index (χ0n) is 9.85. The monoisotopic (exact) mass is 234 g/mol. The van der Waals surface area contributed by atoms with Crippen LogP contribution in [0.4, 0.5) is 5.95 Å². The third-order valence-electron chi connectivity index (χ3n) is 3.60. The van der Waals surface area contributed by atoms with Crippen LogP contribution in [0.15, 0.2) is 18.5 Å². The number of hydrogen-bond donors (Lipinski definition) is 2. The van der Waals surface area contributed by atoms with Crippen molar-refractivity contribution in [3.8, 4) is 0 Å². The Labute approximate surface area is 101 Å². The molecular formula is C12H18N4O. The molecule has 2 aliphatic heterocycles. The van der Waals surface area contributed by atoms with Gasteiger partial charge in [0.2, 0.25) is 5.95 Å². The summed E-state index contributed by atoms with van der Waals surface area (Å²) in [6.07, 6.45) is 6.71. The topological polar surface area (TPSA) is 59.1 Å². The highest BCUT2D eigenvalue weighted by Gasteiger charge is 2.40. The van der Waals surface area contributed by atoms with Crippen LogP contribution in [0.2, 0.25) is 0 Å². The van der Waals surface area contributed by atoms with E-state index in [0.717, 1.165) is 44.9 Å². The molecule has 2 fully saturated rings. The molecule has 0 radical (unpaired) electrons. The summed E-state index contributed by atoms with van der Waals surface area (Å²) in [5, 5.41) is 6.79. The summed E-state index contributed by atoms with van der Waals surface area (Å²) in [4.78, 5) is 8.42. The van der Waals surface area contributed by atoms with Crippen molar-refractivity contribution in [3.63, 3.8) is 0 Å². The van der Waals surface area contributed by atoms with Gasteiger partial charge in [0.15, 0.2) is 0 Å². The second kappa shape index (κ2) is 4.58. The smallest absolute Gasteiger partial charge is 0.222 e. The summed E-state index contributed by atoms with van der Waals surface area (Å²) in [5.74, 6) is 0.723. The molecule has 5 heteroatoms. The van der Waals surface area contributed by atoms with Crippen molar-refractivity contribution in [1.29, 1.82) is 0 Å². The molecule has 0 saturated carbocycles. The van der Waals surface area contributed by atoms with Gasteiger partial charge in [-0.1, -0.05) is 0 Å². The van der Waals surface area contributed by atoms with Gasteiger partial charge in [0, 0.05) is 31.6 Å². The van der Waals surface area contributed by atoms with Crippen LogP contribution in [-0.4, -0.2) is 41.3 Å². The zero-order chi connectivity index (χ0) is 11.6. The van der Waals surface area contributed by atoms with E-state index in [4.69, 9.17) is 4.74 Å². The SMILES string of the molecule is c1cnc(N[C@H]2CCO[C@@]3(CCNC3)C2)nc1. The minimum Gasteiger partial charge on any atom is -0.373 e. The van der Waals surface area contributed by atoms with Gasteiger partial charge in [-0.2, -0.15) is 0 Å². The maximum atomic E-state index is 5.95. The van der Waals surface area contributed by atoms with E-state index in [1.807, 2.05) is 6.07 Å². The minimum absolute atomic E-state index is 0.0463. The predicted molar refractivity (Wildman–Crippen MR) is 64.8 cm³/mol. The van der Waals surface area contributed by atoms with E-state index in [2.05, 4.69) is 20.6 Å². The molecule has 3 heterocycles. The van der Waals surface area contributed by atoms with Crippen molar-refractivity contribution >= 4 is 5.95 Å². The summed E-state index contributed by atoms with van der Waals surface area (Å²) < 4.78 is 5.95. The molecule has 0 bridgehead atoms. The Balaban J connectivity index is 1.64. The van der Waals surface area contributed by atoms with E-state index < -0.39 is 0 Å². The molecular weight excluding hydrogens is 216 g/mol. The first kappa shape index (κ1) is 10.9. The Morgan fingerprint density at radius 3 is 3.06 bits per heavy atom. The first-order valence-electron chi connectivity index (χ1n) is 6.25. The third kappa shape index (κ3) is 2.40. The molecule has 17 heavy (non-hydrogen) atoms. The Bertz CT molecular complexity index is 364. The van der Waals surface area contributed by atoms with Gasteiger partial charge in [0.05, 0.1) is 5.60 Å². The van der Waals surface area contributed by atoms with Gasteiger partial charge in [0.25, 0.3) is 0 Å². The van der Waals surface area contributed by atoms with E-state index in [9.17, 15) is 0 Å². The molecule has 0 unspecified atom stereocenters. The van der Waals surface area contributed by atoms with Gasteiger partial charge >= 0.3 is 0 Å². The number of nitrogens with one attached hydrogen (secondary N) is 2. The average Bonchev–Trinajstić information content (AvgIpc) is 2.79. The molecule has 0 aromatic carbocycles. The highest BCUT2D eigenvalue weighted by atomic mass is 16.5. The van der Waals surface area contributed by atoms with Crippen molar-refractivity contribution in [1.82, 2.24) is 15.3 Å². The lowest BCUT2D eigenvalue weighted by molar-refractivity contribution is -0.0674. The van der Waals surface area contributed by atoms with Gasteiger partial charge in [0.1, 0.15) is 0 Å². The van der Waals surface area contributed by atoms with Crippen molar-refractivity contribution in [2.24, 2.45) is 0 Å². The fourth-order valence-corrected chi connectivity index (χ4v) is 2.73. The van der Waals surface area contributed by atoms with Crippen molar-refractivity contribution in [2.45, 2.75) is 30.9 Å². The molecule has 92 valence electrons. The van der Waals surface area contributed by atoms with Gasteiger partial charge in [-0.05, 0) is 31.9 Å². The molecule has 1 aromatic rings. The summed E-state index contributed by atoms with van der Waals surface area (Å²) in [6, 6.07) is 2.25. The second-order valence-corrected chi connectivity index (χ2v) is 4.86. The van der Waals surface area contributed by atoms with Crippen LogP contribution in [0.3, 0.4) is 0 Å². The van der Waals surface area contributed by atoms with Crippen LogP contribution in [0.25, 0.3) is 0 Å². The number of ether oxygens (including phenoxy) is 1. The first-order valence-corrected chi connectivity index (χ1v) is 6.25. The maximum absolute atomic E-state index is 5.95. The van der Waals surface area contributed by atoms with E-state index in [1.165, 1.54) is 0 Å². The molecule has 2 atom stereocenters. The van der Waals surface area contributed by atoms with Crippen LogP contribution < -0.4 is 10.6 Å². The predicted octanol–water partition coefficient (Wildman–Crippen LogP) is 0.800. The highest BCUT2D eigenvalue weighted by molar-refractivity contribution is 5.25. The largest absolute Gasteiger partial charge is 0.373 e. The first-order chi connectivity index (χ1) is 8.36. The number of hydrogen-bond acceptors (Lipinski definition) is 5. The van der Waals surface area contributed by atoms with Crippen molar-refractivity contribution < 1.29 is 4.74 Å². The lowest BCUT2D eigenvalue weighted by Crippen LogP contribution is -2.46. The lowest BCUT2D eigenvalue weighted by atomic mass is 9.89. The fourth-order valence-electron chi connectivity index (χ4n) is 2.73. The van der Waals surface area contributed by atoms with E-state index >= 15 is 0 Å². The Morgan fingerprint density at radius 2 is 2.29 bits per heavy atom. The zero-order valence-corrected chi connectivity index (χ0v) is 9.85. The second-order valence-electron chi connectivity index (χ2n) is 4.86. The lowest BCUT2D eigenvalue weighted by Gasteiger charge is -2.37. The number of aromatic nitrogens is 2. The Hall–Kier alpha value is -1.20. The Kier molecular flexibility index (Phi) is 2.94. The summed E-state index contributed by atoms with van der Waals surface area (Å²) in [7, 11) is 0. The van der Waals surface area contributed by atoms with E-state index in [0.29, 0.717) is 6.04 Å². The van der Waals surface area contributed by atoms with Crippen LogP contribution in [0, 0.1) is 0 Å². The molecule has 0 amide bonds. The summed E-state index contributed by atoms with van der Waals surface area (Å²) in [5.41, 5.74) is 0.0463. The van der Waals surface area contributed by atoms with Gasteiger partial charge in [-0.15, -0.1) is 0 Å². The average molecular weight is 234 g/mol. The molecule has 3 rings (SSSR count). The van der Waals surface area contributed by atoms with Crippen LogP contribution in [0.5, 0.6) is 0 Å². The number of rotatable bonds is 2. The molecule has 1 spiro atoms. The molecule has 2 aliphatic rings. The normalized spacial score (nSPS) is 32.8. The van der Waals surface area contributed by atoms with Crippen LogP contribution in [0.1, 0.15) is 19.3 Å². The van der Waals surface area contributed by atoms with E-state index in [-0.39, 0.29) is 5.60 Å². The molecule has 5 nitrogen and oxygen atoms in total. The maximum Gasteiger partial charge on any atom is 0.222 e. The van der Waals surface area contributed by atoms with Crippen molar-refractivity contribution in [2.75, 3.05) is 25.0 Å².